The molecule has 0 bridgehead atoms. The summed E-state index contributed by atoms with van der Waals surface area (Å²) >= 11 is 3.15. The molecule has 0 spiro atoms. The van der Waals surface area contributed by atoms with E-state index < -0.39 is 5.41 Å². The fourth-order valence-corrected chi connectivity index (χ4v) is 5.62. The van der Waals surface area contributed by atoms with Gasteiger partial charge in [-0.05, 0) is 50.0 Å². The normalized spacial score (nSPS) is 13.7. The fourth-order valence-electron chi connectivity index (χ4n) is 4.40. The number of hydrogen-bond acceptors (Lipinski definition) is 5. The monoisotopic (exact) mass is 649 g/mol. The molecule has 2 aromatic heterocycles. The van der Waals surface area contributed by atoms with Gasteiger partial charge in [0.1, 0.15) is 5.52 Å². The summed E-state index contributed by atoms with van der Waals surface area (Å²) in [6, 6.07) is 8.44. The van der Waals surface area contributed by atoms with E-state index in [1.165, 1.54) is 17.9 Å². The van der Waals surface area contributed by atoms with Gasteiger partial charge in [0, 0.05) is 60.9 Å². The van der Waals surface area contributed by atoms with Crippen LogP contribution in [0.3, 0.4) is 0 Å². The highest BCUT2D eigenvalue weighted by molar-refractivity contribution is 9.09. The number of ketones is 1. The Bertz CT molecular complexity index is 1190. The van der Waals surface area contributed by atoms with Crippen molar-refractivity contribution in [1.82, 2.24) is 19.9 Å². The quantitative estimate of drug-likeness (QED) is 0.215. The lowest BCUT2D eigenvalue weighted by Crippen LogP contribution is -2.43. The number of piperazine rings is 1. The minimum atomic E-state index is -0.466. The lowest BCUT2D eigenvalue weighted by atomic mass is 9.87. The van der Waals surface area contributed by atoms with E-state index in [1.807, 2.05) is 58.5 Å². The summed E-state index contributed by atoms with van der Waals surface area (Å²) in [6.45, 7) is 20.9. The van der Waals surface area contributed by atoms with Crippen LogP contribution in [0.2, 0.25) is 0 Å². The zero-order valence-electron chi connectivity index (χ0n) is 27.6. The summed E-state index contributed by atoms with van der Waals surface area (Å²) in [5, 5.41) is 4.45. The Morgan fingerprint density at radius 3 is 2.17 bits per heavy atom. The molecule has 3 aromatic rings. The predicted molar refractivity (Wildman–Crippen MR) is 189 cm³/mol. The molecule has 232 valence electrons. The third kappa shape index (κ3) is 11.7. The summed E-state index contributed by atoms with van der Waals surface area (Å²) < 4.78 is 2.00. The van der Waals surface area contributed by atoms with Gasteiger partial charge < -0.3 is 14.8 Å². The zero-order valence-corrected chi connectivity index (χ0v) is 30.0. The summed E-state index contributed by atoms with van der Waals surface area (Å²) in [6.07, 6.45) is 12.1. The lowest BCUT2D eigenvalue weighted by Gasteiger charge is -2.29. The van der Waals surface area contributed by atoms with Crippen LogP contribution in [0.4, 0.5) is 5.69 Å². The highest BCUT2D eigenvalue weighted by Gasteiger charge is 2.27. The number of carbonyl (C=O) groups excluding carboxylic acids is 1. The van der Waals surface area contributed by atoms with Crippen molar-refractivity contribution in [2.24, 2.45) is 5.41 Å². The van der Waals surface area contributed by atoms with Gasteiger partial charge in [-0.1, -0.05) is 76.5 Å². The number of nitrogens with one attached hydrogen (secondary N) is 1. The van der Waals surface area contributed by atoms with E-state index in [1.54, 1.807) is 0 Å². The Morgan fingerprint density at radius 1 is 1.07 bits per heavy atom. The van der Waals surface area contributed by atoms with Crippen LogP contribution in [-0.4, -0.2) is 76.3 Å². The first-order valence-corrected chi connectivity index (χ1v) is 19.2. The second kappa shape index (κ2) is 17.9. The Balaban J connectivity index is 0.000000599. The molecule has 0 radical (unpaired) electrons. The molecule has 4 rings (SSSR count). The van der Waals surface area contributed by atoms with E-state index in [0.29, 0.717) is 11.1 Å². The number of aryl methyl sites for hydroxylation is 1. The number of halogens is 1. The Hall–Kier alpha value is -1.90. The number of carbonyl (C=O) groups is 1. The zero-order chi connectivity index (χ0) is 31.2. The number of anilines is 1. The van der Waals surface area contributed by atoms with Crippen LogP contribution >= 0.6 is 26.0 Å². The van der Waals surface area contributed by atoms with Crippen LogP contribution in [0.5, 0.6) is 0 Å². The average molecular weight is 651 g/mol. The first kappa shape index (κ1) is 37.1. The Morgan fingerprint density at radius 2 is 1.68 bits per heavy atom. The van der Waals surface area contributed by atoms with Gasteiger partial charge in [0.25, 0.3) is 0 Å². The number of fused-ring (bicyclic) bond motifs is 1. The average Bonchev–Trinajstić information content (AvgIpc) is 3.32. The van der Waals surface area contributed by atoms with Gasteiger partial charge in [-0.2, -0.15) is 0 Å². The molecule has 1 saturated heterocycles. The van der Waals surface area contributed by atoms with Crippen molar-refractivity contribution >= 4 is 48.6 Å². The first-order valence-electron chi connectivity index (χ1n) is 15.0. The molecule has 1 fully saturated rings. The summed E-state index contributed by atoms with van der Waals surface area (Å²) in [4.78, 5) is 25.0. The third-order valence-electron chi connectivity index (χ3n) is 6.27. The molecule has 8 heteroatoms. The summed E-state index contributed by atoms with van der Waals surface area (Å²) in [5.41, 5.74) is 4.66. The molecule has 0 unspecified atom stereocenters. The van der Waals surface area contributed by atoms with Crippen molar-refractivity contribution in [3.05, 3.63) is 42.2 Å². The Kier molecular flexibility index (Phi) is 16.2. The second-order valence-electron chi connectivity index (χ2n) is 11.7. The smallest absolute Gasteiger partial charge is 0.171 e. The minimum Gasteiger partial charge on any atom is -0.369 e. The maximum atomic E-state index is 13.0. The van der Waals surface area contributed by atoms with E-state index in [9.17, 15) is 4.79 Å². The van der Waals surface area contributed by atoms with E-state index in [0.717, 1.165) is 55.0 Å². The van der Waals surface area contributed by atoms with Crippen molar-refractivity contribution < 1.29 is 4.79 Å². The summed E-state index contributed by atoms with van der Waals surface area (Å²) in [5.74, 6) is 1.52. The van der Waals surface area contributed by atoms with Gasteiger partial charge in [-0.15, -0.1) is 0 Å². The first-order chi connectivity index (χ1) is 19.4. The van der Waals surface area contributed by atoms with Crippen LogP contribution in [-0.2, 0) is 6.54 Å². The largest absolute Gasteiger partial charge is 0.369 e. The van der Waals surface area contributed by atoms with Gasteiger partial charge in [-0.25, -0.2) is 20.0 Å². The number of Topliss-reactive ketones (excluding diaryl/α,β-unsaturated/α-hetero) is 1. The van der Waals surface area contributed by atoms with Crippen molar-refractivity contribution in [3.8, 4) is 11.3 Å². The number of benzene rings is 1. The standard InChI is InChI=1S/C23H29N5O.C6H16S.C2H5Br.C2H6/c1-5-27-15-18(21(29)23(2,3)4)20-22(27)25-14-19(26-20)16-7-6-8-17(13-16)28-11-9-24-10-12-28;1-5-6-7(2,3)4;1-2-3;1-2/h6-8,13-15,24H,5,9-12H2,1-4H3;5-6H2,1-4H3;2H2,1H3;1-2H3. The van der Waals surface area contributed by atoms with Crippen LogP contribution in [0.1, 0.15) is 72.2 Å². The molecule has 1 aromatic carbocycles. The molecule has 1 N–H and O–H groups in total. The van der Waals surface area contributed by atoms with Crippen LogP contribution in [0.15, 0.2) is 36.7 Å². The molecule has 1 aliphatic heterocycles. The van der Waals surface area contributed by atoms with Gasteiger partial charge in [0.05, 0.1) is 17.5 Å². The van der Waals surface area contributed by atoms with E-state index in [-0.39, 0.29) is 15.8 Å². The van der Waals surface area contributed by atoms with E-state index >= 15 is 0 Å². The van der Waals surface area contributed by atoms with Gasteiger partial charge >= 0.3 is 0 Å². The Labute approximate surface area is 260 Å². The molecule has 3 heterocycles. The molecule has 0 saturated carbocycles. The van der Waals surface area contributed by atoms with Crippen LogP contribution in [0, 0.1) is 5.41 Å². The van der Waals surface area contributed by atoms with Crippen LogP contribution in [0.25, 0.3) is 22.4 Å². The molecule has 1 aliphatic rings. The second-order valence-corrected chi connectivity index (χ2v) is 17.4. The molecule has 0 amide bonds. The number of hydrogen-bond donors (Lipinski definition) is 1. The highest BCUT2D eigenvalue weighted by Crippen LogP contribution is 2.34. The topological polar surface area (TPSA) is 63.1 Å². The molecule has 0 aliphatic carbocycles. The van der Waals surface area contributed by atoms with Gasteiger partial charge in [-0.3, -0.25) is 4.79 Å². The van der Waals surface area contributed by atoms with E-state index in [4.69, 9.17) is 4.98 Å². The van der Waals surface area contributed by atoms with Crippen molar-refractivity contribution in [2.45, 2.75) is 68.4 Å². The molecule has 0 atom stereocenters. The molecule has 41 heavy (non-hydrogen) atoms. The molecule has 6 nitrogen and oxygen atoms in total. The third-order valence-corrected chi connectivity index (χ3v) is 7.91. The number of aromatic nitrogens is 3. The minimum absolute atomic E-state index is 0.0933. The SMILES string of the molecule is CC.CCBr.CCCS(C)(C)C.CCn1cc(C(=O)C(C)(C)C)c2nc(-c3cccc(N4CCNCC4)c3)cnc21. The van der Waals surface area contributed by atoms with Gasteiger partial charge in [0.15, 0.2) is 11.4 Å². The molecular weight excluding hydrogens is 594 g/mol. The molecular formula is C33H56BrN5OS. The van der Waals surface area contributed by atoms with Crippen LogP contribution < -0.4 is 10.2 Å². The maximum Gasteiger partial charge on any atom is 0.171 e. The number of nitrogens with zero attached hydrogens (tertiary/aromatic N) is 4. The summed E-state index contributed by atoms with van der Waals surface area (Å²) in [7, 11) is -0.174. The number of alkyl halides is 1. The highest BCUT2D eigenvalue weighted by atomic mass is 79.9. The predicted octanol–water partition coefficient (Wildman–Crippen LogP) is 8.27. The lowest BCUT2D eigenvalue weighted by molar-refractivity contribution is 0.0859. The van der Waals surface area contributed by atoms with Crippen molar-refractivity contribution in [2.75, 3.05) is 60.9 Å². The van der Waals surface area contributed by atoms with Crippen molar-refractivity contribution in [3.63, 3.8) is 0 Å². The van der Waals surface area contributed by atoms with E-state index in [2.05, 4.69) is 88.0 Å². The maximum absolute atomic E-state index is 13.0. The fraction of sp³-hybridized carbons (Fsp3) is 0.606. The van der Waals surface area contributed by atoms with Gasteiger partial charge in [0.2, 0.25) is 0 Å². The van der Waals surface area contributed by atoms with Crippen molar-refractivity contribution in [1.29, 1.82) is 0 Å². The number of rotatable bonds is 6.